The number of amides is 1. The van der Waals surface area contributed by atoms with Crippen LogP contribution in [-0.2, 0) is 0 Å². The number of carbonyl (C=O) groups is 1. The Balaban J connectivity index is 1.73. The molecule has 3 N–H and O–H groups in total. The molecule has 0 aliphatic carbocycles. The first kappa shape index (κ1) is 18.5. The number of fused-ring (bicyclic) bond motifs is 1. The number of rotatable bonds is 4. The van der Waals surface area contributed by atoms with Gasteiger partial charge in [0.25, 0.3) is 5.91 Å². The smallest absolute Gasteiger partial charge is 0.268 e. The number of anilines is 1. The lowest BCUT2D eigenvalue weighted by Gasteiger charge is -2.06. The van der Waals surface area contributed by atoms with Crippen molar-refractivity contribution in [1.29, 1.82) is 5.26 Å². The maximum Gasteiger partial charge on any atom is 0.268 e. The summed E-state index contributed by atoms with van der Waals surface area (Å²) in [6.45, 7) is 1.79. The van der Waals surface area contributed by atoms with Gasteiger partial charge in [-0.25, -0.2) is 4.98 Å². The summed E-state index contributed by atoms with van der Waals surface area (Å²) >= 11 is 1.13. The zero-order chi connectivity index (χ0) is 20.4. The molecule has 0 radical (unpaired) electrons. The number of thiazole rings is 1. The maximum absolute atomic E-state index is 13.1. The summed E-state index contributed by atoms with van der Waals surface area (Å²) in [5.41, 5.74) is 8.28. The van der Waals surface area contributed by atoms with Crippen LogP contribution in [0.25, 0.3) is 16.8 Å². The molecule has 0 fully saturated rings. The molecule has 0 atom stereocenters. The van der Waals surface area contributed by atoms with Gasteiger partial charge in [-0.05, 0) is 19.1 Å². The van der Waals surface area contributed by atoms with Gasteiger partial charge in [0.05, 0.1) is 5.69 Å². The molecule has 1 aliphatic rings. The first-order chi connectivity index (χ1) is 14.1. The highest BCUT2D eigenvalue weighted by Crippen LogP contribution is 2.36. The zero-order valence-electron chi connectivity index (χ0n) is 15.4. The first-order valence-corrected chi connectivity index (χ1v) is 9.52. The predicted molar refractivity (Wildman–Crippen MR) is 110 cm³/mol. The topological polar surface area (TPSA) is 110 Å². The molecular weight excluding hydrogens is 388 g/mol. The van der Waals surface area contributed by atoms with Crippen molar-refractivity contribution in [3.8, 4) is 28.8 Å². The van der Waals surface area contributed by atoms with Crippen molar-refractivity contribution < 1.29 is 14.3 Å². The average molecular weight is 404 g/mol. The number of allylic oxidation sites excluding steroid dienone is 2. The number of nitrogens with zero attached hydrogens (tertiary/aromatic N) is 2. The van der Waals surface area contributed by atoms with Crippen LogP contribution in [0.4, 0.5) is 5.69 Å². The minimum atomic E-state index is -0.335. The number of benzene rings is 2. The van der Waals surface area contributed by atoms with Gasteiger partial charge in [0.2, 0.25) is 6.79 Å². The lowest BCUT2D eigenvalue weighted by Crippen LogP contribution is -2.11. The summed E-state index contributed by atoms with van der Waals surface area (Å²) in [6.07, 6.45) is 0. The van der Waals surface area contributed by atoms with Crippen LogP contribution in [0.15, 0.2) is 54.2 Å². The third kappa shape index (κ3) is 3.63. The molecule has 1 amide bonds. The second-order valence-corrected chi connectivity index (χ2v) is 7.25. The highest BCUT2D eigenvalue weighted by molar-refractivity contribution is 7.15. The molecule has 1 aromatic heterocycles. The van der Waals surface area contributed by atoms with Crippen molar-refractivity contribution in [2.75, 3.05) is 12.1 Å². The predicted octanol–water partition coefficient (Wildman–Crippen LogP) is 4.00. The van der Waals surface area contributed by atoms with Gasteiger partial charge in [-0.15, -0.1) is 11.3 Å². The van der Waals surface area contributed by atoms with Crippen LogP contribution in [0.3, 0.4) is 0 Å². The van der Waals surface area contributed by atoms with Gasteiger partial charge in [-0.2, -0.15) is 5.26 Å². The van der Waals surface area contributed by atoms with Crippen molar-refractivity contribution in [2.24, 2.45) is 5.73 Å². The number of ether oxygens (including phenoxy) is 2. The Morgan fingerprint density at radius 1 is 1.21 bits per heavy atom. The van der Waals surface area contributed by atoms with Gasteiger partial charge in [-0.3, -0.25) is 4.79 Å². The van der Waals surface area contributed by atoms with E-state index in [1.54, 1.807) is 25.1 Å². The number of nitrogens with one attached hydrogen (secondary N) is 1. The Hall–Kier alpha value is -3.83. The monoisotopic (exact) mass is 404 g/mol. The lowest BCUT2D eigenvalue weighted by molar-refractivity contribution is 0.103. The Labute approximate surface area is 171 Å². The zero-order valence-corrected chi connectivity index (χ0v) is 16.2. The average Bonchev–Trinajstić information content (AvgIpc) is 3.36. The molecule has 144 valence electrons. The van der Waals surface area contributed by atoms with Crippen LogP contribution >= 0.6 is 11.3 Å². The van der Waals surface area contributed by atoms with Crippen molar-refractivity contribution in [3.05, 3.63) is 64.1 Å². The van der Waals surface area contributed by atoms with Crippen LogP contribution in [0.1, 0.15) is 21.6 Å². The number of aromatic nitrogens is 1. The molecule has 1 aliphatic heterocycles. The van der Waals surface area contributed by atoms with E-state index in [4.69, 9.17) is 15.2 Å². The highest BCUT2D eigenvalue weighted by atomic mass is 32.1. The number of nitrogens with two attached hydrogens (primary N) is 1. The summed E-state index contributed by atoms with van der Waals surface area (Å²) < 4.78 is 10.7. The van der Waals surface area contributed by atoms with Gasteiger partial charge in [-0.1, -0.05) is 30.3 Å². The Kier molecular flexibility index (Phi) is 4.89. The minimum absolute atomic E-state index is 0.158. The first-order valence-electron chi connectivity index (χ1n) is 8.71. The van der Waals surface area contributed by atoms with E-state index in [2.05, 4.69) is 16.4 Å². The number of hydrogen-bond donors (Lipinski definition) is 2. The van der Waals surface area contributed by atoms with Gasteiger partial charge in [0.15, 0.2) is 11.5 Å². The molecule has 3 aromatic rings. The van der Waals surface area contributed by atoms with Crippen LogP contribution in [0.2, 0.25) is 0 Å². The lowest BCUT2D eigenvalue weighted by atomic mass is 10.1. The molecule has 2 aromatic carbocycles. The Morgan fingerprint density at radius 2 is 1.97 bits per heavy atom. The van der Waals surface area contributed by atoms with E-state index in [-0.39, 0.29) is 18.3 Å². The van der Waals surface area contributed by atoms with Crippen LogP contribution < -0.4 is 20.5 Å². The molecule has 0 spiro atoms. The largest absolute Gasteiger partial charge is 0.454 e. The van der Waals surface area contributed by atoms with Crippen LogP contribution in [0, 0.1) is 11.3 Å². The Bertz CT molecular complexity index is 1160. The molecule has 4 rings (SSSR count). The molecule has 0 bridgehead atoms. The fraction of sp³-hybridized carbons (Fsp3) is 0.0952. The normalized spacial score (nSPS) is 12.8. The van der Waals surface area contributed by atoms with Crippen molar-refractivity contribution >= 4 is 28.5 Å². The van der Waals surface area contributed by atoms with Gasteiger partial charge < -0.3 is 20.5 Å². The maximum atomic E-state index is 13.1. The minimum Gasteiger partial charge on any atom is -0.454 e. The third-order valence-corrected chi connectivity index (χ3v) is 5.30. The van der Waals surface area contributed by atoms with E-state index in [9.17, 15) is 10.1 Å². The molecule has 2 heterocycles. The SMILES string of the molecule is CC(N)=C(C#N)c1nc(-c2ccccc2)c(C(=O)Nc2ccc3c(c2)OCO3)s1. The van der Waals surface area contributed by atoms with Crippen molar-refractivity contribution in [3.63, 3.8) is 0 Å². The number of hydrogen-bond acceptors (Lipinski definition) is 7. The Morgan fingerprint density at radius 3 is 2.69 bits per heavy atom. The van der Waals surface area contributed by atoms with Crippen LogP contribution in [-0.4, -0.2) is 17.7 Å². The van der Waals surface area contributed by atoms with E-state index in [1.807, 2.05) is 30.3 Å². The van der Waals surface area contributed by atoms with E-state index < -0.39 is 0 Å². The summed E-state index contributed by atoms with van der Waals surface area (Å²) in [7, 11) is 0. The molecule has 0 unspecified atom stereocenters. The molecular formula is C21H16N4O3S. The van der Waals surface area contributed by atoms with E-state index in [0.29, 0.717) is 38.5 Å². The summed E-state index contributed by atoms with van der Waals surface area (Å²) in [6, 6.07) is 16.6. The number of carbonyl (C=O) groups excluding carboxylic acids is 1. The van der Waals surface area contributed by atoms with Crippen molar-refractivity contribution in [1.82, 2.24) is 4.98 Å². The third-order valence-electron chi connectivity index (χ3n) is 4.23. The molecule has 0 saturated carbocycles. The van der Waals surface area contributed by atoms with E-state index in [1.165, 1.54) is 0 Å². The summed E-state index contributed by atoms with van der Waals surface area (Å²) in [5.74, 6) is 0.873. The standard InChI is InChI=1S/C21H16N4O3S/c1-12(23)15(10-22)21-25-18(13-5-3-2-4-6-13)19(29-21)20(26)24-14-7-8-16-17(9-14)28-11-27-16/h2-9H,11,23H2,1H3,(H,24,26). The fourth-order valence-corrected chi connectivity index (χ4v) is 3.88. The van der Waals surface area contributed by atoms with E-state index >= 15 is 0 Å². The van der Waals surface area contributed by atoms with E-state index in [0.717, 1.165) is 16.9 Å². The summed E-state index contributed by atoms with van der Waals surface area (Å²) in [5, 5.41) is 12.7. The van der Waals surface area contributed by atoms with Crippen LogP contribution in [0.5, 0.6) is 11.5 Å². The second kappa shape index (κ2) is 7.66. The fourth-order valence-electron chi connectivity index (χ4n) is 2.84. The molecule has 8 heteroatoms. The van der Waals surface area contributed by atoms with Gasteiger partial charge in [0.1, 0.15) is 21.5 Å². The van der Waals surface area contributed by atoms with Gasteiger partial charge in [0, 0.05) is 23.0 Å². The molecule has 7 nitrogen and oxygen atoms in total. The van der Waals surface area contributed by atoms with Crippen molar-refractivity contribution in [2.45, 2.75) is 6.92 Å². The number of nitriles is 1. The molecule has 29 heavy (non-hydrogen) atoms. The molecule has 0 saturated heterocycles. The second-order valence-electron chi connectivity index (χ2n) is 6.25. The highest BCUT2D eigenvalue weighted by Gasteiger charge is 2.23. The quantitative estimate of drug-likeness (QED) is 0.636. The summed E-state index contributed by atoms with van der Waals surface area (Å²) in [4.78, 5) is 18.0. The van der Waals surface area contributed by atoms with Gasteiger partial charge >= 0.3 is 0 Å².